The molecule has 16 heavy (non-hydrogen) atoms. The fourth-order valence-corrected chi connectivity index (χ4v) is 2.30. The first-order valence-electron chi connectivity index (χ1n) is 7.02. The Balaban J connectivity index is 1.92. The van der Waals surface area contributed by atoms with Crippen LogP contribution in [0.15, 0.2) is 0 Å². The van der Waals surface area contributed by atoms with Gasteiger partial charge in [0, 0.05) is 25.2 Å². The highest BCUT2D eigenvalue weighted by Gasteiger charge is 2.11. The molecule has 2 unspecified atom stereocenters. The number of nitrogens with one attached hydrogen (secondary N) is 2. The quantitative estimate of drug-likeness (QED) is 0.552. The van der Waals surface area contributed by atoms with Crippen LogP contribution in [0.5, 0.6) is 0 Å². The van der Waals surface area contributed by atoms with Crippen LogP contribution in [-0.4, -0.2) is 31.7 Å². The van der Waals surface area contributed by atoms with Gasteiger partial charge in [-0.2, -0.15) is 0 Å². The van der Waals surface area contributed by atoms with E-state index >= 15 is 0 Å². The summed E-state index contributed by atoms with van der Waals surface area (Å²) in [5.74, 6) is 0. The maximum atomic E-state index is 6.05. The molecule has 1 heterocycles. The molecule has 0 spiro atoms. The molecule has 1 aliphatic rings. The normalized spacial score (nSPS) is 23.2. The largest absolute Gasteiger partial charge is 0.327 e. The van der Waals surface area contributed by atoms with E-state index in [9.17, 15) is 0 Å². The van der Waals surface area contributed by atoms with E-state index in [0.717, 1.165) is 13.1 Å². The van der Waals surface area contributed by atoms with Gasteiger partial charge in [0.2, 0.25) is 0 Å². The van der Waals surface area contributed by atoms with Crippen LogP contribution in [0.3, 0.4) is 0 Å². The van der Waals surface area contributed by atoms with Crippen LogP contribution in [0.4, 0.5) is 0 Å². The summed E-state index contributed by atoms with van der Waals surface area (Å²) < 4.78 is 0. The summed E-state index contributed by atoms with van der Waals surface area (Å²) in [4.78, 5) is 0. The number of piperidine rings is 1. The highest BCUT2D eigenvalue weighted by molar-refractivity contribution is 4.75. The van der Waals surface area contributed by atoms with Crippen molar-refractivity contribution < 1.29 is 0 Å². The summed E-state index contributed by atoms with van der Waals surface area (Å²) in [5.41, 5.74) is 6.05. The van der Waals surface area contributed by atoms with Gasteiger partial charge in [-0.25, -0.2) is 0 Å². The zero-order valence-electron chi connectivity index (χ0n) is 10.8. The summed E-state index contributed by atoms with van der Waals surface area (Å²) >= 11 is 0. The van der Waals surface area contributed by atoms with E-state index in [4.69, 9.17) is 5.73 Å². The van der Waals surface area contributed by atoms with Crippen molar-refractivity contribution in [3.05, 3.63) is 0 Å². The van der Waals surface area contributed by atoms with Gasteiger partial charge in [-0.15, -0.1) is 0 Å². The standard InChI is InChI=1S/C13H29N3/c1-2-3-4-7-12(14)10-15-11-13-8-5-6-9-16-13/h12-13,15-16H,2-11,14H2,1H3. The summed E-state index contributed by atoms with van der Waals surface area (Å²) in [6, 6.07) is 1.02. The van der Waals surface area contributed by atoms with Crippen molar-refractivity contribution in [2.75, 3.05) is 19.6 Å². The zero-order valence-corrected chi connectivity index (χ0v) is 10.8. The number of rotatable bonds is 8. The Hall–Kier alpha value is -0.120. The van der Waals surface area contributed by atoms with Crippen molar-refractivity contribution >= 4 is 0 Å². The van der Waals surface area contributed by atoms with Crippen molar-refractivity contribution in [2.45, 2.75) is 64.0 Å². The lowest BCUT2D eigenvalue weighted by Gasteiger charge is -2.24. The molecule has 0 radical (unpaired) electrons. The average Bonchev–Trinajstić information content (AvgIpc) is 2.31. The van der Waals surface area contributed by atoms with E-state index in [-0.39, 0.29) is 0 Å². The molecule has 0 amide bonds. The lowest BCUT2D eigenvalue weighted by molar-refractivity contribution is 0.377. The van der Waals surface area contributed by atoms with E-state index in [1.54, 1.807) is 0 Å². The summed E-state index contributed by atoms with van der Waals surface area (Å²) in [6.45, 7) is 5.48. The Morgan fingerprint density at radius 3 is 2.94 bits per heavy atom. The summed E-state index contributed by atoms with van der Waals surface area (Å²) in [7, 11) is 0. The molecular weight excluding hydrogens is 198 g/mol. The van der Waals surface area contributed by atoms with E-state index in [1.165, 1.54) is 51.5 Å². The zero-order chi connectivity index (χ0) is 11.6. The van der Waals surface area contributed by atoms with Gasteiger partial charge in [0.05, 0.1) is 0 Å². The highest BCUT2D eigenvalue weighted by Crippen LogP contribution is 2.06. The Bertz CT molecular complexity index is 155. The first-order chi connectivity index (χ1) is 7.83. The van der Waals surface area contributed by atoms with Crippen LogP contribution in [0.25, 0.3) is 0 Å². The van der Waals surface area contributed by atoms with Gasteiger partial charge in [-0.1, -0.05) is 32.6 Å². The lowest BCUT2D eigenvalue weighted by atomic mass is 10.0. The average molecular weight is 227 g/mol. The minimum absolute atomic E-state index is 0.343. The van der Waals surface area contributed by atoms with E-state index in [2.05, 4.69) is 17.6 Å². The molecular formula is C13H29N3. The third kappa shape index (κ3) is 6.46. The van der Waals surface area contributed by atoms with E-state index in [1.807, 2.05) is 0 Å². The van der Waals surface area contributed by atoms with Crippen LogP contribution >= 0.6 is 0 Å². The second-order valence-corrected chi connectivity index (χ2v) is 5.06. The highest BCUT2D eigenvalue weighted by atomic mass is 15.0. The first kappa shape index (κ1) is 13.9. The Labute approximate surface area is 101 Å². The minimum atomic E-state index is 0.343. The molecule has 3 nitrogen and oxygen atoms in total. The molecule has 0 bridgehead atoms. The second kappa shape index (κ2) is 8.97. The smallest absolute Gasteiger partial charge is 0.0192 e. The third-order valence-electron chi connectivity index (χ3n) is 3.39. The van der Waals surface area contributed by atoms with Crippen molar-refractivity contribution in [1.82, 2.24) is 10.6 Å². The monoisotopic (exact) mass is 227 g/mol. The predicted molar refractivity (Wildman–Crippen MR) is 70.6 cm³/mol. The lowest BCUT2D eigenvalue weighted by Crippen LogP contribution is -2.44. The Morgan fingerprint density at radius 1 is 1.38 bits per heavy atom. The van der Waals surface area contributed by atoms with Crippen molar-refractivity contribution in [3.63, 3.8) is 0 Å². The molecule has 0 aliphatic carbocycles. The molecule has 0 saturated carbocycles. The third-order valence-corrected chi connectivity index (χ3v) is 3.39. The van der Waals surface area contributed by atoms with Gasteiger partial charge >= 0.3 is 0 Å². The van der Waals surface area contributed by atoms with Crippen LogP contribution in [0, 0.1) is 0 Å². The molecule has 1 saturated heterocycles. The van der Waals surface area contributed by atoms with Crippen molar-refractivity contribution in [3.8, 4) is 0 Å². The van der Waals surface area contributed by atoms with Crippen LogP contribution in [0.2, 0.25) is 0 Å². The number of nitrogens with two attached hydrogens (primary N) is 1. The molecule has 1 aliphatic heterocycles. The predicted octanol–water partition coefficient (Wildman–Crippen LogP) is 1.63. The van der Waals surface area contributed by atoms with Gasteiger partial charge in [-0.3, -0.25) is 0 Å². The fraction of sp³-hybridized carbons (Fsp3) is 1.00. The topological polar surface area (TPSA) is 50.1 Å². The van der Waals surface area contributed by atoms with Gasteiger partial charge in [0.1, 0.15) is 0 Å². The Morgan fingerprint density at radius 2 is 2.25 bits per heavy atom. The molecule has 0 aromatic heterocycles. The molecule has 1 rings (SSSR count). The van der Waals surface area contributed by atoms with Gasteiger partial charge in [0.25, 0.3) is 0 Å². The Kier molecular flexibility index (Phi) is 7.81. The molecule has 1 fully saturated rings. The summed E-state index contributed by atoms with van der Waals surface area (Å²) in [6.07, 6.45) is 9.08. The SMILES string of the molecule is CCCCCC(N)CNCC1CCCCN1. The maximum Gasteiger partial charge on any atom is 0.0192 e. The van der Waals surface area contributed by atoms with Crippen LogP contribution < -0.4 is 16.4 Å². The van der Waals surface area contributed by atoms with Gasteiger partial charge in [0.15, 0.2) is 0 Å². The van der Waals surface area contributed by atoms with Crippen molar-refractivity contribution in [2.24, 2.45) is 5.73 Å². The van der Waals surface area contributed by atoms with Crippen LogP contribution in [-0.2, 0) is 0 Å². The second-order valence-electron chi connectivity index (χ2n) is 5.06. The number of hydrogen-bond donors (Lipinski definition) is 3. The molecule has 3 heteroatoms. The van der Waals surface area contributed by atoms with E-state index < -0.39 is 0 Å². The van der Waals surface area contributed by atoms with Gasteiger partial charge < -0.3 is 16.4 Å². The van der Waals surface area contributed by atoms with Crippen LogP contribution in [0.1, 0.15) is 51.9 Å². The first-order valence-corrected chi connectivity index (χ1v) is 7.02. The fourth-order valence-electron chi connectivity index (χ4n) is 2.30. The number of hydrogen-bond acceptors (Lipinski definition) is 3. The molecule has 96 valence electrons. The minimum Gasteiger partial charge on any atom is -0.327 e. The van der Waals surface area contributed by atoms with Crippen molar-refractivity contribution in [1.29, 1.82) is 0 Å². The van der Waals surface area contributed by atoms with Gasteiger partial charge in [-0.05, 0) is 25.8 Å². The number of unbranched alkanes of at least 4 members (excludes halogenated alkanes) is 2. The summed E-state index contributed by atoms with van der Waals surface area (Å²) in [5, 5.41) is 7.04. The molecule has 4 N–H and O–H groups in total. The molecule has 0 aromatic carbocycles. The maximum absolute atomic E-state index is 6.05. The van der Waals surface area contributed by atoms with E-state index in [0.29, 0.717) is 12.1 Å². The molecule has 0 aromatic rings. The molecule has 2 atom stereocenters.